The fraction of sp³-hybridized carbons (Fsp3) is 0.444. The largest absolute Gasteiger partial charge is 0.435 e. The molecule has 0 spiro atoms. The summed E-state index contributed by atoms with van der Waals surface area (Å²) in [5.41, 5.74) is 0.235. The monoisotopic (exact) mass is 368 g/mol. The Morgan fingerprint density at radius 3 is 2.46 bits per heavy atom. The summed E-state index contributed by atoms with van der Waals surface area (Å²) < 4.78 is 40.0. The quantitative estimate of drug-likeness (QED) is 0.852. The normalized spacial score (nSPS) is 12.0. The van der Waals surface area contributed by atoms with E-state index in [2.05, 4.69) is 29.2 Å². The number of hydrogen-bond donors (Lipinski definition) is 1. The van der Waals surface area contributed by atoms with Crippen LogP contribution in [0.5, 0.6) is 0 Å². The first-order chi connectivity index (χ1) is 12.1. The van der Waals surface area contributed by atoms with E-state index in [1.807, 2.05) is 31.3 Å². The van der Waals surface area contributed by atoms with Crippen LogP contribution < -0.4 is 5.32 Å². The van der Waals surface area contributed by atoms with Crippen LogP contribution in [0.15, 0.2) is 30.5 Å². The lowest BCUT2D eigenvalue weighted by molar-refractivity contribution is -0.141. The maximum Gasteiger partial charge on any atom is 0.435 e. The van der Waals surface area contributed by atoms with E-state index in [9.17, 15) is 18.0 Å². The Labute approximate surface area is 150 Å². The molecule has 2 aromatic rings. The van der Waals surface area contributed by atoms with Crippen molar-refractivity contribution in [1.82, 2.24) is 20.0 Å². The second-order valence-electron chi connectivity index (χ2n) is 6.52. The molecule has 1 aromatic heterocycles. The molecule has 1 aromatic carbocycles. The number of aromatic nitrogens is 2. The van der Waals surface area contributed by atoms with E-state index in [1.54, 1.807) is 0 Å². The molecule has 26 heavy (non-hydrogen) atoms. The minimum atomic E-state index is -4.67. The summed E-state index contributed by atoms with van der Waals surface area (Å²) in [6, 6.07) is 7.90. The molecule has 142 valence electrons. The smallest absolute Gasteiger partial charge is 0.348 e. The molecule has 8 heteroatoms. The van der Waals surface area contributed by atoms with Gasteiger partial charge in [-0.15, -0.1) is 0 Å². The first-order valence-corrected chi connectivity index (χ1v) is 8.25. The maximum atomic E-state index is 13.0. The van der Waals surface area contributed by atoms with E-state index in [-0.39, 0.29) is 6.54 Å². The van der Waals surface area contributed by atoms with Gasteiger partial charge in [0.15, 0.2) is 5.69 Å². The maximum absolute atomic E-state index is 13.0. The summed E-state index contributed by atoms with van der Waals surface area (Å²) in [4.78, 5) is 14.4. The molecule has 0 aliphatic carbocycles. The molecule has 1 heterocycles. The van der Waals surface area contributed by atoms with Gasteiger partial charge in [-0.2, -0.15) is 18.3 Å². The second-order valence-corrected chi connectivity index (χ2v) is 6.52. The molecule has 2 rings (SSSR count). The lowest BCUT2D eigenvalue weighted by Crippen LogP contribution is -2.28. The molecule has 0 aliphatic heterocycles. The first-order valence-electron chi connectivity index (χ1n) is 8.25. The predicted molar refractivity (Wildman–Crippen MR) is 92.4 cm³/mol. The zero-order valence-electron chi connectivity index (χ0n) is 15.3. The van der Waals surface area contributed by atoms with Crippen molar-refractivity contribution in [1.29, 1.82) is 0 Å². The number of nitrogens with zero attached hydrogens (tertiary/aromatic N) is 3. The Morgan fingerprint density at radius 1 is 1.27 bits per heavy atom. The van der Waals surface area contributed by atoms with Crippen molar-refractivity contribution in [3.05, 3.63) is 52.8 Å². The van der Waals surface area contributed by atoms with Gasteiger partial charge < -0.3 is 5.32 Å². The lowest BCUT2D eigenvalue weighted by Gasteiger charge is -2.22. The van der Waals surface area contributed by atoms with Crippen LogP contribution in [0.4, 0.5) is 13.2 Å². The highest BCUT2D eigenvalue weighted by Gasteiger charge is 2.38. The number of hydrogen-bond acceptors (Lipinski definition) is 3. The van der Waals surface area contributed by atoms with E-state index >= 15 is 0 Å². The first kappa shape index (κ1) is 20.0. The van der Waals surface area contributed by atoms with Crippen LogP contribution in [0.1, 0.15) is 41.0 Å². The third-order valence-corrected chi connectivity index (χ3v) is 4.20. The summed E-state index contributed by atoms with van der Waals surface area (Å²) in [5, 5.41) is 5.93. The molecule has 0 atom stereocenters. The molecular formula is C18H23F3N4O. The van der Waals surface area contributed by atoms with Crippen molar-refractivity contribution in [3.63, 3.8) is 0 Å². The standard InChI is InChI=1S/C18H23F3N4O/c1-12(2)24(3)10-14-8-6-5-7-13(14)9-22-17(26)15-11-25(4)23-16(15)18(19,20)21/h5-8,11-12H,9-10H2,1-4H3,(H,22,26). The third kappa shape index (κ3) is 4.85. The Bertz CT molecular complexity index is 768. The molecule has 0 fully saturated rings. The summed E-state index contributed by atoms with van der Waals surface area (Å²) in [7, 11) is 3.34. The molecule has 0 aliphatic rings. The summed E-state index contributed by atoms with van der Waals surface area (Å²) in [5.74, 6) is -0.794. The van der Waals surface area contributed by atoms with Gasteiger partial charge in [-0.25, -0.2) is 0 Å². The van der Waals surface area contributed by atoms with Gasteiger partial charge in [0.1, 0.15) is 0 Å². The van der Waals surface area contributed by atoms with Crippen molar-refractivity contribution in [3.8, 4) is 0 Å². The number of aryl methyl sites for hydroxylation is 1. The van der Waals surface area contributed by atoms with Crippen molar-refractivity contribution in [2.45, 2.75) is 39.2 Å². The van der Waals surface area contributed by atoms with Crippen LogP contribution in [0.25, 0.3) is 0 Å². The van der Waals surface area contributed by atoms with E-state index < -0.39 is 23.3 Å². The minimum Gasteiger partial charge on any atom is -0.348 e. The summed E-state index contributed by atoms with van der Waals surface area (Å²) in [6.07, 6.45) is -3.59. The number of nitrogens with one attached hydrogen (secondary N) is 1. The molecule has 0 bridgehead atoms. The van der Waals surface area contributed by atoms with Crippen molar-refractivity contribution in [2.75, 3.05) is 7.05 Å². The number of carbonyl (C=O) groups is 1. The number of carbonyl (C=O) groups excluding carboxylic acids is 1. The van der Waals surface area contributed by atoms with Gasteiger partial charge >= 0.3 is 6.18 Å². The van der Waals surface area contributed by atoms with Crippen molar-refractivity contribution >= 4 is 5.91 Å². The minimum absolute atomic E-state index is 0.146. The second kappa shape index (κ2) is 7.90. The highest BCUT2D eigenvalue weighted by molar-refractivity contribution is 5.95. The van der Waals surface area contributed by atoms with Gasteiger partial charge in [0.05, 0.1) is 5.56 Å². The highest BCUT2D eigenvalue weighted by atomic mass is 19.4. The van der Waals surface area contributed by atoms with Gasteiger partial charge in [0.2, 0.25) is 0 Å². The van der Waals surface area contributed by atoms with E-state index in [0.717, 1.165) is 22.0 Å². The molecule has 1 amide bonds. The van der Waals surface area contributed by atoms with Crippen LogP contribution in [-0.4, -0.2) is 33.7 Å². The van der Waals surface area contributed by atoms with Gasteiger partial charge in [0.25, 0.3) is 5.91 Å². The number of alkyl halides is 3. The number of halogens is 3. The third-order valence-electron chi connectivity index (χ3n) is 4.20. The topological polar surface area (TPSA) is 50.2 Å². The SMILES string of the molecule is CC(C)N(C)Cc1ccccc1CNC(=O)c1cn(C)nc1C(F)(F)F. The van der Waals surface area contributed by atoms with E-state index in [4.69, 9.17) is 0 Å². The number of rotatable bonds is 6. The van der Waals surface area contributed by atoms with Crippen LogP contribution in [0.3, 0.4) is 0 Å². The average molecular weight is 368 g/mol. The summed E-state index contributed by atoms with van der Waals surface area (Å²) >= 11 is 0. The van der Waals surface area contributed by atoms with Gasteiger partial charge in [-0.3, -0.25) is 14.4 Å². The van der Waals surface area contributed by atoms with Crippen LogP contribution in [-0.2, 0) is 26.3 Å². The molecule has 0 radical (unpaired) electrons. The number of benzene rings is 1. The van der Waals surface area contributed by atoms with Crippen molar-refractivity contribution in [2.24, 2.45) is 7.05 Å². The van der Waals surface area contributed by atoms with Crippen LogP contribution in [0.2, 0.25) is 0 Å². The Kier molecular flexibility index (Phi) is 6.07. The Hall–Kier alpha value is -2.35. The fourth-order valence-electron chi connectivity index (χ4n) is 2.47. The van der Waals surface area contributed by atoms with E-state index in [1.165, 1.54) is 7.05 Å². The van der Waals surface area contributed by atoms with E-state index in [0.29, 0.717) is 12.6 Å². The van der Waals surface area contributed by atoms with Crippen LogP contribution in [0, 0.1) is 0 Å². The molecule has 5 nitrogen and oxygen atoms in total. The lowest BCUT2D eigenvalue weighted by atomic mass is 10.1. The zero-order chi connectivity index (χ0) is 19.5. The molecule has 1 N–H and O–H groups in total. The number of amides is 1. The molecular weight excluding hydrogens is 345 g/mol. The molecule has 0 unspecified atom stereocenters. The molecule has 0 saturated heterocycles. The Balaban J connectivity index is 2.14. The average Bonchev–Trinajstić information content (AvgIpc) is 2.96. The Morgan fingerprint density at radius 2 is 1.88 bits per heavy atom. The van der Waals surface area contributed by atoms with Crippen LogP contribution >= 0.6 is 0 Å². The van der Waals surface area contributed by atoms with Crippen molar-refractivity contribution < 1.29 is 18.0 Å². The fourth-order valence-corrected chi connectivity index (χ4v) is 2.47. The highest BCUT2D eigenvalue weighted by Crippen LogP contribution is 2.30. The predicted octanol–water partition coefficient (Wildman–Crippen LogP) is 3.21. The summed E-state index contributed by atoms with van der Waals surface area (Å²) in [6.45, 7) is 4.98. The van der Waals surface area contributed by atoms with Gasteiger partial charge in [-0.05, 0) is 32.0 Å². The van der Waals surface area contributed by atoms with Gasteiger partial charge in [0, 0.05) is 32.4 Å². The molecule has 0 saturated carbocycles. The zero-order valence-corrected chi connectivity index (χ0v) is 15.3. The van der Waals surface area contributed by atoms with Gasteiger partial charge in [-0.1, -0.05) is 24.3 Å².